The molecular weight excluding hydrogens is 688 g/mol. The molecule has 15 heteroatoms. The minimum absolute atomic E-state index is 0.105. The molecule has 3 aromatic carbocycles. The Labute approximate surface area is 302 Å². The summed E-state index contributed by atoms with van der Waals surface area (Å²) >= 11 is 0. The molecule has 2 atom stereocenters. The van der Waals surface area contributed by atoms with E-state index in [1.807, 2.05) is 37.5 Å². The van der Waals surface area contributed by atoms with Crippen molar-refractivity contribution in [3.8, 4) is 0 Å². The molecule has 0 aliphatic carbocycles. The lowest BCUT2D eigenvalue weighted by molar-refractivity contribution is -0.385. The Morgan fingerprint density at radius 3 is 1.81 bits per heavy atom. The number of methoxy groups -OCH3 is 1. The van der Waals surface area contributed by atoms with E-state index in [1.54, 1.807) is 36.4 Å². The highest BCUT2D eigenvalue weighted by molar-refractivity contribution is 5.99. The Kier molecular flexibility index (Phi) is 11.6. The van der Waals surface area contributed by atoms with Gasteiger partial charge in [0.25, 0.3) is 11.6 Å². The maximum absolute atomic E-state index is 13.7. The largest absolute Gasteiger partial charge is 0.467 e. The fraction of sp³-hybridized carbons (Fsp3) is 0.289. The molecule has 53 heavy (non-hydrogen) atoms. The average molecular weight is 727 g/mol. The molecule has 0 saturated carbocycles. The SMILES string of the molecule is CCN(CC)c1ccc2cc(C(=O)N[C@H](C(=O)OC)[C@H](OC(=O)c3cc4ccc(N(CC)CC)cc4oc3=O)c3cccc([N+](=O)[O-])c3)c(=O)oc2c1. The molecule has 0 spiro atoms. The number of hydrogen-bond donors (Lipinski definition) is 1. The lowest BCUT2D eigenvalue weighted by Gasteiger charge is -2.26. The summed E-state index contributed by atoms with van der Waals surface area (Å²) in [5.74, 6) is -3.49. The van der Waals surface area contributed by atoms with E-state index in [-0.39, 0.29) is 16.7 Å². The van der Waals surface area contributed by atoms with Crippen LogP contribution in [0.25, 0.3) is 21.9 Å². The number of hydrogen-bond acceptors (Lipinski definition) is 13. The normalized spacial score (nSPS) is 12.2. The number of carbonyl (C=O) groups is 3. The number of non-ortho nitro benzene ring substituents is 1. The summed E-state index contributed by atoms with van der Waals surface area (Å²) < 4.78 is 21.6. The van der Waals surface area contributed by atoms with Crippen LogP contribution in [0.15, 0.2) is 91.2 Å². The lowest BCUT2D eigenvalue weighted by Crippen LogP contribution is -2.48. The first-order valence-corrected chi connectivity index (χ1v) is 16.9. The van der Waals surface area contributed by atoms with Crippen molar-refractivity contribution in [3.05, 3.63) is 120 Å². The van der Waals surface area contributed by atoms with E-state index in [0.29, 0.717) is 37.0 Å². The van der Waals surface area contributed by atoms with Gasteiger partial charge in [-0.1, -0.05) is 12.1 Å². The van der Waals surface area contributed by atoms with E-state index in [2.05, 4.69) is 5.32 Å². The predicted octanol–water partition coefficient (Wildman–Crippen LogP) is 5.37. The summed E-state index contributed by atoms with van der Waals surface area (Å²) in [5, 5.41) is 14.9. The van der Waals surface area contributed by atoms with Crippen molar-refractivity contribution in [2.24, 2.45) is 0 Å². The number of benzene rings is 3. The molecule has 1 amide bonds. The number of esters is 2. The maximum atomic E-state index is 13.7. The minimum Gasteiger partial charge on any atom is -0.467 e. The summed E-state index contributed by atoms with van der Waals surface area (Å²) in [7, 11) is 1.01. The van der Waals surface area contributed by atoms with Gasteiger partial charge in [0, 0.05) is 78.2 Å². The maximum Gasteiger partial charge on any atom is 0.351 e. The number of nitrogens with one attached hydrogen (secondary N) is 1. The van der Waals surface area contributed by atoms with E-state index in [0.717, 1.165) is 24.6 Å². The van der Waals surface area contributed by atoms with Gasteiger partial charge in [0.1, 0.15) is 22.3 Å². The number of nitro groups is 1. The highest BCUT2D eigenvalue weighted by Crippen LogP contribution is 2.29. The zero-order valence-corrected chi connectivity index (χ0v) is 29.7. The first-order valence-electron chi connectivity index (χ1n) is 16.9. The van der Waals surface area contributed by atoms with Gasteiger partial charge in [-0.3, -0.25) is 14.9 Å². The van der Waals surface area contributed by atoms with Crippen molar-refractivity contribution in [1.82, 2.24) is 5.32 Å². The van der Waals surface area contributed by atoms with Crippen molar-refractivity contribution in [2.45, 2.75) is 39.8 Å². The third kappa shape index (κ3) is 8.03. The average Bonchev–Trinajstić information content (AvgIpc) is 3.16. The molecule has 0 aliphatic rings. The first kappa shape index (κ1) is 37.7. The first-order chi connectivity index (χ1) is 25.4. The quantitative estimate of drug-likeness (QED) is 0.0665. The van der Waals surface area contributed by atoms with E-state index in [9.17, 15) is 34.1 Å². The molecule has 0 radical (unpaired) electrons. The van der Waals surface area contributed by atoms with Gasteiger partial charge < -0.3 is 33.4 Å². The van der Waals surface area contributed by atoms with Crippen molar-refractivity contribution in [2.75, 3.05) is 43.1 Å². The molecule has 2 aromatic heterocycles. The number of fused-ring (bicyclic) bond motifs is 2. The van der Waals surface area contributed by atoms with E-state index in [1.165, 1.54) is 30.3 Å². The summed E-state index contributed by atoms with van der Waals surface area (Å²) in [5.41, 5.74) is -1.58. The zero-order valence-electron chi connectivity index (χ0n) is 29.7. The van der Waals surface area contributed by atoms with Gasteiger partial charge in [-0.25, -0.2) is 19.2 Å². The predicted molar refractivity (Wildman–Crippen MR) is 197 cm³/mol. The highest BCUT2D eigenvalue weighted by Gasteiger charge is 2.37. The van der Waals surface area contributed by atoms with Crippen LogP contribution in [0.1, 0.15) is 60.1 Å². The van der Waals surface area contributed by atoms with Crippen molar-refractivity contribution in [3.63, 3.8) is 0 Å². The number of nitro benzene ring substituents is 1. The van der Waals surface area contributed by atoms with Gasteiger partial charge in [-0.05, 0) is 64.1 Å². The summed E-state index contributed by atoms with van der Waals surface area (Å²) in [6.45, 7) is 10.7. The lowest BCUT2D eigenvalue weighted by atomic mass is 10.0. The Morgan fingerprint density at radius 2 is 1.30 bits per heavy atom. The third-order valence-corrected chi connectivity index (χ3v) is 8.85. The number of nitrogens with zero attached hydrogens (tertiary/aromatic N) is 3. The Bertz CT molecular complexity index is 2310. The summed E-state index contributed by atoms with van der Waals surface area (Å²) in [6.07, 6.45) is -1.80. The molecule has 0 fully saturated rings. The van der Waals surface area contributed by atoms with Crippen molar-refractivity contribution >= 4 is 56.8 Å². The molecular formula is C38H38N4O11. The molecule has 0 bridgehead atoms. The van der Waals surface area contributed by atoms with Gasteiger partial charge in [-0.15, -0.1) is 0 Å². The monoisotopic (exact) mass is 726 g/mol. The van der Waals surface area contributed by atoms with Crippen LogP contribution in [0, 0.1) is 10.1 Å². The summed E-state index contributed by atoms with van der Waals surface area (Å²) in [4.78, 5) is 82.0. The van der Waals surface area contributed by atoms with Crippen LogP contribution in [0.4, 0.5) is 17.1 Å². The van der Waals surface area contributed by atoms with Gasteiger partial charge >= 0.3 is 23.2 Å². The van der Waals surface area contributed by atoms with Crippen LogP contribution in [0.2, 0.25) is 0 Å². The van der Waals surface area contributed by atoms with E-state index in [4.69, 9.17) is 18.3 Å². The molecule has 0 aliphatic heterocycles. The molecule has 5 rings (SSSR count). The number of rotatable bonds is 14. The van der Waals surface area contributed by atoms with Crippen LogP contribution in [0.3, 0.4) is 0 Å². The molecule has 276 valence electrons. The van der Waals surface area contributed by atoms with Crippen LogP contribution in [-0.4, -0.2) is 62.1 Å². The van der Waals surface area contributed by atoms with Crippen LogP contribution < -0.4 is 26.4 Å². The smallest absolute Gasteiger partial charge is 0.351 e. The molecule has 0 unspecified atom stereocenters. The number of amides is 1. The fourth-order valence-electron chi connectivity index (χ4n) is 6.00. The third-order valence-electron chi connectivity index (χ3n) is 8.85. The highest BCUT2D eigenvalue weighted by atomic mass is 16.6. The van der Waals surface area contributed by atoms with E-state index >= 15 is 0 Å². The second-order valence-corrected chi connectivity index (χ2v) is 11.8. The van der Waals surface area contributed by atoms with E-state index < -0.39 is 63.0 Å². The zero-order chi connectivity index (χ0) is 38.4. The van der Waals surface area contributed by atoms with Crippen LogP contribution in [0.5, 0.6) is 0 Å². The topological polar surface area (TPSA) is 192 Å². The minimum atomic E-state index is -1.87. The molecule has 0 saturated heterocycles. The molecule has 1 N–H and O–H groups in total. The molecule has 15 nitrogen and oxygen atoms in total. The second kappa shape index (κ2) is 16.2. The molecule has 5 aromatic rings. The van der Waals surface area contributed by atoms with Gasteiger partial charge in [0.05, 0.1) is 12.0 Å². The Morgan fingerprint density at radius 1 is 0.774 bits per heavy atom. The standard InChI is InChI=1S/C38H38N4O11/c1-6-40(7-2)25-15-13-22-18-28(35(44)51-30(22)20-25)34(43)39-32(38(47)50-5)33(24-11-10-12-27(17-24)42(48)49)53-37(46)29-19-23-14-16-26(41(8-3)9-4)21-31(23)52-36(29)45/h10-21,32-33H,6-9H2,1-5H3,(H,39,43)/t32-,33+/m0/s1. The van der Waals surface area contributed by atoms with Gasteiger partial charge in [-0.2, -0.15) is 0 Å². The van der Waals surface area contributed by atoms with Gasteiger partial charge in [0.2, 0.25) is 0 Å². The Hall–Kier alpha value is -6.51. The fourth-order valence-corrected chi connectivity index (χ4v) is 6.00. The van der Waals surface area contributed by atoms with Crippen LogP contribution >= 0.6 is 0 Å². The van der Waals surface area contributed by atoms with Crippen molar-refractivity contribution in [1.29, 1.82) is 0 Å². The summed E-state index contributed by atoms with van der Waals surface area (Å²) in [6, 6.07) is 15.8. The number of carbonyl (C=O) groups excluding carboxylic acids is 3. The second-order valence-electron chi connectivity index (χ2n) is 11.8. The number of ether oxygens (including phenoxy) is 2. The van der Waals surface area contributed by atoms with Crippen molar-refractivity contribution < 1.29 is 37.6 Å². The molecule has 2 heterocycles. The van der Waals surface area contributed by atoms with Gasteiger partial charge in [0.15, 0.2) is 12.1 Å². The Balaban J connectivity index is 1.54. The van der Waals surface area contributed by atoms with Crippen LogP contribution in [-0.2, 0) is 14.3 Å². The number of anilines is 2.